The minimum atomic E-state index is -1.02. The van der Waals surface area contributed by atoms with Crippen molar-refractivity contribution in [3.8, 4) is 5.75 Å². The molecular formula is C23H27NO6S. The number of anilines is 1. The van der Waals surface area contributed by atoms with Gasteiger partial charge >= 0.3 is 12.1 Å². The number of hydrogen-bond donors (Lipinski definition) is 3. The van der Waals surface area contributed by atoms with Crippen molar-refractivity contribution in [3.05, 3.63) is 66.2 Å². The standard InChI is InChI=1S/C23H27NO6S/c1-3-29-20(6-4-5-7-21(26)27)22(16-8-12-18(25)13-9-16)30-23(28)24-17-10-14-19(31-2)15-11-17/h5,7-15,20,22,25H,3-4,6H2,1-2H3,(H,24,28)(H,26,27)/b7-5+/t20-,22-/m1/s1. The molecule has 0 aliphatic rings. The number of ether oxygens (including phenoxy) is 2. The monoisotopic (exact) mass is 445 g/mol. The first-order valence-electron chi connectivity index (χ1n) is 9.84. The summed E-state index contributed by atoms with van der Waals surface area (Å²) in [6, 6.07) is 13.7. The van der Waals surface area contributed by atoms with E-state index in [4.69, 9.17) is 14.6 Å². The summed E-state index contributed by atoms with van der Waals surface area (Å²) in [5, 5.41) is 21.1. The molecule has 0 heterocycles. The average molecular weight is 446 g/mol. The lowest BCUT2D eigenvalue weighted by atomic mass is 10.00. The van der Waals surface area contributed by atoms with E-state index in [0.717, 1.165) is 11.0 Å². The molecule has 0 aliphatic carbocycles. The van der Waals surface area contributed by atoms with E-state index in [2.05, 4.69) is 5.32 Å². The number of carboxylic acid groups (broad SMARTS) is 1. The van der Waals surface area contributed by atoms with E-state index >= 15 is 0 Å². The number of aliphatic carboxylic acids is 1. The second-order valence-electron chi connectivity index (χ2n) is 6.58. The van der Waals surface area contributed by atoms with E-state index in [-0.39, 0.29) is 5.75 Å². The van der Waals surface area contributed by atoms with Crippen molar-refractivity contribution in [2.75, 3.05) is 18.2 Å². The van der Waals surface area contributed by atoms with Crippen LogP contribution in [0.1, 0.15) is 31.4 Å². The molecule has 0 unspecified atom stereocenters. The lowest BCUT2D eigenvalue weighted by molar-refractivity contribution is -0.131. The molecule has 2 rings (SSSR count). The average Bonchev–Trinajstić information content (AvgIpc) is 2.75. The number of aromatic hydroxyl groups is 1. The number of rotatable bonds is 11. The van der Waals surface area contributed by atoms with Crippen molar-refractivity contribution in [3.63, 3.8) is 0 Å². The molecule has 0 saturated heterocycles. The molecule has 0 bridgehead atoms. The first-order chi connectivity index (χ1) is 14.9. The molecule has 2 aromatic carbocycles. The van der Waals surface area contributed by atoms with Crippen LogP contribution >= 0.6 is 11.8 Å². The molecular weight excluding hydrogens is 418 g/mol. The zero-order valence-electron chi connectivity index (χ0n) is 17.5. The Bertz CT molecular complexity index is 867. The lowest BCUT2D eigenvalue weighted by Crippen LogP contribution is -2.29. The van der Waals surface area contributed by atoms with Gasteiger partial charge < -0.3 is 19.7 Å². The van der Waals surface area contributed by atoms with Crippen molar-refractivity contribution in [2.45, 2.75) is 36.9 Å². The maximum Gasteiger partial charge on any atom is 0.412 e. The van der Waals surface area contributed by atoms with Gasteiger partial charge in [0.25, 0.3) is 0 Å². The molecule has 0 saturated carbocycles. The van der Waals surface area contributed by atoms with Crippen LogP contribution in [0, 0.1) is 0 Å². The molecule has 31 heavy (non-hydrogen) atoms. The van der Waals surface area contributed by atoms with Gasteiger partial charge in [0, 0.05) is 23.3 Å². The maximum absolute atomic E-state index is 12.6. The quantitative estimate of drug-likeness (QED) is 0.321. The fourth-order valence-corrected chi connectivity index (χ4v) is 3.35. The van der Waals surface area contributed by atoms with Gasteiger partial charge in [-0.25, -0.2) is 9.59 Å². The molecule has 1 amide bonds. The van der Waals surface area contributed by atoms with Crippen LogP contribution in [-0.2, 0) is 14.3 Å². The van der Waals surface area contributed by atoms with Crippen molar-refractivity contribution in [1.29, 1.82) is 0 Å². The summed E-state index contributed by atoms with van der Waals surface area (Å²) in [5.41, 5.74) is 1.26. The highest BCUT2D eigenvalue weighted by Crippen LogP contribution is 2.29. The highest BCUT2D eigenvalue weighted by atomic mass is 32.2. The van der Waals surface area contributed by atoms with E-state index in [1.807, 2.05) is 25.3 Å². The fourth-order valence-electron chi connectivity index (χ4n) is 2.94. The lowest BCUT2D eigenvalue weighted by Gasteiger charge is -2.27. The number of carbonyl (C=O) groups excluding carboxylic acids is 1. The van der Waals surface area contributed by atoms with Gasteiger partial charge in [0.2, 0.25) is 0 Å². The number of phenolic OH excluding ortho intramolecular Hbond substituents is 1. The van der Waals surface area contributed by atoms with Gasteiger partial charge in [0.05, 0.1) is 6.10 Å². The molecule has 0 aliphatic heterocycles. The predicted molar refractivity (Wildman–Crippen MR) is 121 cm³/mol. The minimum absolute atomic E-state index is 0.0955. The number of hydrogen-bond acceptors (Lipinski definition) is 6. The van der Waals surface area contributed by atoms with Gasteiger partial charge in [-0.05, 0) is 68.0 Å². The second kappa shape index (κ2) is 12.7. The smallest absolute Gasteiger partial charge is 0.412 e. The Labute approximate surface area is 186 Å². The molecule has 0 aromatic heterocycles. The molecule has 166 valence electrons. The maximum atomic E-state index is 12.6. The Hall–Kier alpha value is -2.97. The van der Waals surface area contributed by atoms with E-state index in [1.54, 1.807) is 36.0 Å². The van der Waals surface area contributed by atoms with Gasteiger partial charge in [-0.2, -0.15) is 0 Å². The molecule has 0 fully saturated rings. The number of carboxylic acids is 1. The number of carbonyl (C=O) groups is 2. The molecule has 8 heteroatoms. The third-order valence-electron chi connectivity index (χ3n) is 4.39. The number of benzene rings is 2. The second-order valence-corrected chi connectivity index (χ2v) is 7.46. The predicted octanol–water partition coefficient (Wildman–Crippen LogP) is 5.23. The largest absolute Gasteiger partial charge is 0.508 e. The van der Waals surface area contributed by atoms with Crippen LogP contribution in [0.15, 0.2) is 65.6 Å². The van der Waals surface area contributed by atoms with Crippen LogP contribution in [-0.4, -0.2) is 41.2 Å². The number of nitrogens with one attached hydrogen (secondary N) is 1. The number of amides is 1. The third-order valence-corrected chi connectivity index (χ3v) is 5.13. The Morgan fingerprint density at radius 3 is 2.39 bits per heavy atom. The van der Waals surface area contributed by atoms with E-state index in [9.17, 15) is 14.7 Å². The third kappa shape index (κ3) is 8.35. The van der Waals surface area contributed by atoms with Gasteiger partial charge in [-0.3, -0.25) is 5.32 Å². The molecule has 0 radical (unpaired) electrons. The first kappa shape index (κ1) is 24.3. The number of allylic oxidation sites excluding steroid dienone is 1. The van der Waals surface area contributed by atoms with Crippen LogP contribution in [0.4, 0.5) is 10.5 Å². The van der Waals surface area contributed by atoms with Crippen LogP contribution in [0.5, 0.6) is 5.75 Å². The van der Waals surface area contributed by atoms with Crippen molar-refractivity contribution in [1.82, 2.24) is 0 Å². The van der Waals surface area contributed by atoms with Crippen LogP contribution < -0.4 is 5.32 Å². The van der Waals surface area contributed by atoms with E-state index in [1.165, 1.54) is 18.2 Å². The zero-order valence-corrected chi connectivity index (χ0v) is 18.3. The summed E-state index contributed by atoms with van der Waals surface area (Å²) < 4.78 is 11.6. The highest BCUT2D eigenvalue weighted by Gasteiger charge is 2.27. The fraction of sp³-hybridized carbons (Fsp3) is 0.304. The number of phenols is 1. The van der Waals surface area contributed by atoms with Crippen LogP contribution in [0.2, 0.25) is 0 Å². The van der Waals surface area contributed by atoms with Crippen molar-refractivity contribution < 1.29 is 29.3 Å². The Morgan fingerprint density at radius 2 is 1.81 bits per heavy atom. The Morgan fingerprint density at radius 1 is 1.13 bits per heavy atom. The minimum Gasteiger partial charge on any atom is -0.508 e. The van der Waals surface area contributed by atoms with E-state index < -0.39 is 24.3 Å². The molecule has 7 nitrogen and oxygen atoms in total. The topological polar surface area (TPSA) is 105 Å². The molecule has 0 spiro atoms. The van der Waals surface area contributed by atoms with Gasteiger partial charge in [0.15, 0.2) is 6.10 Å². The molecule has 2 aromatic rings. The molecule has 2 atom stereocenters. The molecule has 3 N–H and O–H groups in total. The summed E-state index contributed by atoms with van der Waals surface area (Å²) in [4.78, 5) is 24.4. The normalized spacial score (nSPS) is 13.0. The van der Waals surface area contributed by atoms with Gasteiger partial charge in [-0.15, -0.1) is 11.8 Å². The summed E-state index contributed by atoms with van der Waals surface area (Å²) in [5.74, 6) is -0.927. The SMILES string of the molecule is CCO[C@H](CC/C=C/C(=O)O)[C@H](OC(=O)Nc1ccc(SC)cc1)c1ccc(O)cc1. The summed E-state index contributed by atoms with van der Waals surface area (Å²) in [6.45, 7) is 2.23. The Kier molecular flexibility index (Phi) is 9.93. The summed E-state index contributed by atoms with van der Waals surface area (Å²) >= 11 is 1.60. The number of thioether (sulfide) groups is 1. The van der Waals surface area contributed by atoms with E-state index in [0.29, 0.717) is 30.7 Å². The van der Waals surface area contributed by atoms with Gasteiger partial charge in [-0.1, -0.05) is 18.2 Å². The van der Waals surface area contributed by atoms with Crippen molar-refractivity contribution >= 4 is 29.5 Å². The van der Waals surface area contributed by atoms with Crippen molar-refractivity contribution in [2.24, 2.45) is 0 Å². The van der Waals surface area contributed by atoms with Crippen LogP contribution in [0.3, 0.4) is 0 Å². The zero-order chi connectivity index (χ0) is 22.6. The summed E-state index contributed by atoms with van der Waals surface area (Å²) in [6.07, 6.45) is 3.58. The Balaban J connectivity index is 2.17. The first-order valence-corrected chi connectivity index (χ1v) is 11.1. The highest BCUT2D eigenvalue weighted by molar-refractivity contribution is 7.98. The van der Waals surface area contributed by atoms with Gasteiger partial charge in [0.1, 0.15) is 5.75 Å². The van der Waals surface area contributed by atoms with Crippen LogP contribution in [0.25, 0.3) is 0 Å². The summed E-state index contributed by atoms with van der Waals surface area (Å²) in [7, 11) is 0.